The van der Waals surface area contributed by atoms with E-state index in [-0.39, 0.29) is 18.4 Å². The van der Waals surface area contributed by atoms with Crippen LogP contribution in [0, 0.1) is 26.2 Å². The molecule has 4 nitrogen and oxygen atoms in total. The third kappa shape index (κ3) is 3.98. The van der Waals surface area contributed by atoms with Crippen molar-refractivity contribution in [3.05, 3.63) is 64.7 Å². The molecule has 0 unspecified atom stereocenters. The molecule has 23 heavy (non-hydrogen) atoms. The minimum Gasteiger partial charge on any atom is -0.341 e. The van der Waals surface area contributed by atoms with Crippen molar-refractivity contribution < 1.29 is 9.59 Å². The van der Waals surface area contributed by atoms with Crippen LogP contribution in [0.2, 0.25) is 0 Å². The number of carbonyl (C=O) groups excluding carboxylic acids is 2. The molecule has 0 fully saturated rings. The Kier molecular flexibility index (Phi) is 5.16. The van der Waals surface area contributed by atoms with Crippen LogP contribution in [0.4, 0.5) is 5.69 Å². The molecule has 2 N–H and O–H groups in total. The third-order valence-electron chi connectivity index (χ3n) is 3.40. The summed E-state index contributed by atoms with van der Waals surface area (Å²) in [6, 6.07) is 12.4. The molecule has 4 heteroatoms. The highest BCUT2D eigenvalue weighted by atomic mass is 16.2. The van der Waals surface area contributed by atoms with Gasteiger partial charge in [0.15, 0.2) is 0 Å². The molecule has 0 saturated carbocycles. The Labute approximate surface area is 135 Å². The number of hydrogen-bond donors (Lipinski definition) is 2. The highest BCUT2D eigenvalue weighted by molar-refractivity contribution is 6.09. The van der Waals surface area contributed by atoms with Crippen LogP contribution in [0.15, 0.2) is 42.5 Å². The van der Waals surface area contributed by atoms with Gasteiger partial charge in [-0.15, -0.1) is 6.42 Å². The number of terminal acetylenes is 1. The number of amides is 2. The Hall–Kier alpha value is -3.06. The van der Waals surface area contributed by atoms with Crippen molar-refractivity contribution in [3.8, 4) is 12.3 Å². The summed E-state index contributed by atoms with van der Waals surface area (Å²) >= 11 is 0. The van der Waals surface area contributed by atoms with E-state index in [1.807, 2.05) is 26.0 Å². The molecule has 116 valence electrons. The minimum absolute atomic E-state index is 0.137. The van der Waals surface area contributed by atoms with E-state index in [0.29, 0.717) is 16.8 Å². The molecule has 0 aliphatic heterocycles. The molecular weight excluding hydrogens is 288 g/mol. The Bertz CT molecular complexity index is 788. The second-order valence-corrected chi connectivity index (χ2v) is 5.20. The van der Waals surface area contributed by atoms with Gasteiger partial charge >= 0.3 is 0 Å². The molecule has 2 rings (SSSR count). The molecule has 0 aliphatic carbocycles. The predicted molar refractivity (Wildman–Crippen MR) is 91.5 cm³/mol. The predicted octanol–water partition coefficient (Wildman–Crippen LogP) is 2.92. The molecule has 0 bridgehead atoms. The maximum atomic E-state index is 12.5. The lowest BCUT2D eigenvalue weighted by molar-refractivity contribution is 0.0959. The fourth-order valence-corrected chi connectivity index (χ4v) is 2.27. The number of hydrogen-bond acceptors (Lipinski definition) is 2. The lowest BCUT2D eigenvalue weighted by Gasteiger charge is -2.12. The van der Waals surface area contributed by atoms with Gasteiger partial charge in [-0.25, -0.2) is 0 Å². The Morgan fingerprint density at radius 1 is 1.04 bits per heavy atom. The van der Waals surface area contributed by atoms with Gasteiger partial charge in [-0.1, -0.05) is 35.7 Å². The number of nitrogens with one attached hydrogen (secondary N) is 2. The minimum atomic E-state index is -0.320. The zero-order valence-corrected chi connectivity index (χ0v) is 13.1. The normalized spacial score (nSPS) is 9.78. The molecule has 2 aromatic rings. The summed E-state index contributed by atoms with van der Waals surface area (Å²) in [6.07, 6.45) is 5.14. The molecule has 0 heterocycles. The summed E-state index contributed by atoms with van der Waals surface area (Å²) in [5.41, 5.74) is 3.38. The van der Waals surface area contributed by atoms with Crippen molar-refractivity contribution in [1.82, 2.24) is 5.32 Å². The highest BCUT2D eigenvalue weighted by Gasteiger charge is 2.14. The van der Waals surface area contributed by atoms with Crippen LogP contribution in [-0.4, -0.2) is 18.4 Å². The quantitative estimate of drug-likeness (QED) is 0.853. The van der Waals surface area contributed by atoms with Gasteiger partial charge < -0.3 is 10.6 Å². The average Bonchev–Trinajstić information content (AvgIpc) is 2.53. The average molecular weight is 306 g/mol. The summed E-state index contributed by atoms with van der Waals surface area (Å²) < 4.78 is 0. The van der Waals surface area contributed by atoms with Crippen molar-refractivity contribution in [2.45, 2.75) is 13.8 Å². The zero-order chi connectivity index (χ0) is 16.8. The second kappa shape index (κ2) is 7.28. The van der Waals surface area contributed by atoms with Crippen LogP contribution in [0.5, 0.6) is 0 Å². The number of anilines is 1. The first-order chi connectivity index (χ1) is 11.0. The first-order valence-electron chi connectivity index (χ1n) is 7.22. The van der Waals surface area contributed by atoms with Crippen molar-refractivity contribution in [2.75, 3.05) is 11.9 Å². The van der Waals surface area contributed by atoms with Gasteiger partial charge in [-0.05, 0) is 37.6 Å². The van der Waals surface area contributed by atoms with E-state index in [1.54, 1.807) is 30.3 Å². The van der Waals surface area contributed by atoms with E-state index in [4.69, 9.17) is 6.42 Å². The number of rotatable bonds is 4. The largest absolute Gasteiger partial charge is 0.341 e. The Morgan fingerprint density at radius 2 is 1.78 bits per heavy atom. The number of benzene rings is 2. The van der Waals surface area contributed by atoms with Gasteiger partial charge in [0.1, 0.15) is 0 Å². The zero-order valence-electron chi connectivity index (χ0n) is 13.1. The fraction of sp³-hybridized carbons (Fsp3) is 0.158. The van der Waals surface area contributed by atoms with Crippen molar-refractivity contribution >= 4 is 17.5 Å². The summed E-state index contributed by atoms with van der Waals surface area (Å²) in [7, 11) is 0. The molecule has 2 amide bonds. The van der Waals surface area contributed by atoms with Crippen LogP contribution in [0.1, 0.15) is 31.8 Å². The summed E-state index contributed by atoms with van der Waals surface area (Å²) in [5, 5.41) is 5.39. The summed E-state index contributed by atoms with van der Waals surface area (Å²) in [4.78, 5) is 24.6. The standard InChI is InChI=1S/C19H18N2O2/c1-4-11-20-18(22)16-7-5-6-8-17(16)21-19(23)15-10-9-13(2)12-14(15)3/h1,5-10,12H,11H2,2-3H3,(H,20,22)(H,21,23). The smallest absolute Gasteiger partial charge is 0.255 e. The molecule has 0 aromatic heterocycles. The van der Waals surface area contributed by atoms with Gasteiger partial charge in [0.05, 0.1) is 17.8 Å². The van der Waals surface area contributed by atoms with E-state index >= 15 is 0 Å². The maximum absolute atomic E-state index is 12.5. The van der Waals surface area contributed by atoms with Gasteiger partial charge in [-0.2, -0.15) is 0 Å². The third-order valence-corrected chi connectivity index (χ3v) is 3.40. The Morgan fingerprint density at radius 3 is 2.48 bits per heavy atom. The molecule has 0 atom stereocenters. The first kappa shape index (κ1) is 16.3. The SMILES string of the molecule is C#CCNC(=O)c1ccccc1NC(=O)c1ccc(C)cc1C. The van der Waals surface area contributed by atoms with Crippen LogP contribution in [-0.2, 0) is 0 Å². The molecule has 2 aromatic carbocycles. The van der Waals surface area contributed by atoms with Gasteiger partial charge in [0.2, 0.25) is 0 Å². The van der Waals surface area contributed by atoms with Crippen LogP contribution >= 0.6 is 0 Å². The van der Waals surface area contributed by atoms with Gasteiger partial charge in [0, 0.05) is 5.56 Å². The summed E-state index contributed by atoms with van der Waals surface area (Å²) in [5.74, 6) is 1.78. The molecule has 0 spiro atoms. The number of aryl methyl sites for hydroxylation is 2. The molecule has 0 radical (unpaired) electrons. The second-order valence-electron chi connectivity index (χ2n) is 5.20. The lowest BCUT2D eigenvalue weighted by atomic mass is 10.0. The van der Waals surface area contributed by atoms with Crippen molar-refractivity contribution in [3.63, 3.8) is 0 Å². The Balaban J connectivity index is 2.25. The van der Waals surface area contributed by atoms with E-state index in [1.165, 1.54) is 0 Å². The maximum Gasteiger partial charge on any atom is 0.255 e. The van der Waals surface area contributed by atoms with Crippen molar-refractivity contribution in [1.29, 1.82) is 0 Å². The molecule has 0 saturated heterocycles. The first-order valence-corrected chi connectivity index (χ1v) is 7.22. The van der Waals surface area contributed by atoms with Crippen LogP contribution in [0.25, 0.3) is 0 Å². The van der Waals surface area contributed by atoms with Crippen molar-refractivity contribution in [2.24, 2.45) is 0 Å². The van der Waals surface area contributed by atoms with E-state index < -0.39 is 0 Å². The van der Waals surface area contributed by atoms with E-state index in [0.717, 1.165) is 11.1 Å². The molecule has 0 aliphatic rings. The number of carbonyl (C=O) groups is 2. The van der Waals surface area contributed by atoms with Crippen LogP contribution < -0.4 is 10.6 Å². The van der Waals surface area contributed by atoms with Gasteiger partial charge in [0.25, 0.3) is 11.8 Å². The van der Waals surface area contributed by atoms with Gasteiger partial charge in [-0.3, -0.25) is 9.59 Å². The van der Waals surface area contributed by atoms with Crippen LogP contribution in [0.3, 0.4) is 0 Å². The van der Waals surface area contributed by atoms with E-state index in [9.17, 15) is 9.59 Å². The number of para-hydroxylation sites is 1. The fourth-order valence-electron chi connectivity index (χ4n) is 2.27. The van der Waals surface area contributed by atoms with E-state index in [2.05, 4.69) is 16.6 Å². The monoisotopic (exact) mass is 306 g/mol. The highest BCUT2D eigenvalue weighted by Crippen LogP contribution is 2.18. The topological polar surface area (TPSA) is 58.2 Å². The summed E-state index contributed by atoms with van der Waals surface area (Å²) in [6.45, 7) is 3.99. The lowest BCUT2D eigenvalue weighted by Crippen LogP contribution is -2.25. The molecular formula is C19H18N2O2.